The van der Waals surface area contributed by atoms with Gasteiger partial charge in [0.15, 0.2) is 0 Å². The van der Waals surface area contributed by atoms with E-state index in [4.69, 9.17) is 4.74 Å². The number of amides is 1. The molecule has 0 radical (unpaired) electrons. The Labute approximate surface area is 191 Å². The third-order valence-electron chi connectivity index (χ3n) is 6.25. The minimum atomic E-state index is -1.15. The molecule has 0 bridgehead atoms. The number of rotatable bonds is 7. The van der Waals surface area contributed by atoms with E-state index in [-0.39, 0.29) is 30.5 Å². The number of ether oxygens (including phenoxy) is 1. The molecule has 4 atom stereocenters. The number of carbonyl (C=O) groups is 1. The first-order chi connectivity index (χ1) is 15.9. The molecule has 3 N–H and O–H groups in total. The third kappa shape index (κ3) is 5.86. The molecule has 0 spiro atoms. The van der Waals surface area contributed by atoms with E-state index < -0.39 is 24.4 Å². The van der Waals surface area contributed by atoms with Crippen molar-refractivity contribution in [3.05, 3.63) is 65.7 Å². The Hall–Kier alpha value is -2.59. The Morgan fingerprint density at radius 1 is 0.909 bits per heavy atom. The lowest BCUT2D eigenvalue weighted by Gasteiger charge is -2.36. The van der Waals surface area contributed by atoms with E-state index in [0.717, 1.165) is 11.3 Å². The van der Waals surface area contributed by atoms with Crippen LogP contribution in [0.2, 0.25) is 0 Å². The maximum absolute atomic E-state index is 13.1. The van der Waals surface area contributed by atoms with Crippen LogP contribution in [0.4, 0.5) is 14.5 Å². The molecule has 178 valence electrons. The normalized spacial score (nSPS) is 25.5. The van der Waals surface area contributed by atoms with E-state index in [1.54, 1.807) is 29.2 Å². The summed E-state index contributed by atoms with van der Waals surface area (Å²) in [5.41, 5.74) is 1.80. The zero-order chi connectivity index (χ0) is 23.4. The molecule has 4 rings (SSSR count). The van der Waals surface area contributed by atoms with Gasteiger partial charge < -0.3 is 30.1 Å². The number of piperazine rings is 1. The van der Waals surface area contributed by atoms with Gasteiger partial charge in [-0.3, -0.25) is 4.79 Å². The summed E-state index contributed by atoms with van der Waals surface area (Å²) in [5, 5.41) is 23.9. The van der Waals surface area contributed by atoms with Crippen molar-refractivity contribution in [2.75, 3.05) is 37.6 Å². The van der Waals surface area contributed by atoms with Crippen LogP contribution in [0.25, 0.3) is 0 Å². The van der Waals surface area contributed by atoms with Gasteiger partial charge in [0, 0.05) is 45.0 Å². The zero-order valence-corrected chi connectivity index (χ0v) is 18.2. The fourth-order valence-electron chi connectivity index (χ4n) is 4.29. The average molecular weight is 462 g/mol. The van der Waals surface area contributed by atoms with Gasteiger partial charge in [-0.1, -0.05) is 12.1 Å². The second kappa shape index (κ2) is 10.6. The first-order valence-corrected chi connectivity index (χ1v) is 11.2. The predicted octanol–water partition coefficient (Wildman–Crippen LogP) is 1.28. The number of nitrogens with one attached hydrogen (secondary N) is 1. The summed E-state index contributed by atoms with van der Waals surface area (Å²) in [6.07, 6.45) is -3.68. The van der Waals surface area contributed by atoms with E-state index in [1.807, 2.05) is 0 Å². The van der Waals surface area contributed by atoms with Crippen LogP contribution in [-0.4, -0.2) is 78.2 Å². The monoisotopic (exact) mass is 461 g/mol. The quantitative estimate of drug-likeness (QED) is 0.576. The van der Waals surface area contributed by atoms with Crippen molar-refractivity contribution in [1.29, 1.82) is 0 Å². The van der Waals surface area contributed by atoms with Gasteiger partial charge in [-0.05, 0) is 42.0 Å². The SMILES string of the molecule is O=C(C[C@@H]1O[C@H](CNCc2ccc(F)cc2)[C@@H](O)[C@H]1O)N1CCN(c2ccc(F)cc2)CC1. The van der Waals surface area contributed by atoms with Crippen LogP contribution < -0.4 is 10.2 Å². The van der Waals surface area contributed by atoms with Gasteiger partial charge in [0.2, 0.25) is 5.91 Å². The van der Waals surface area contributed by atoms with E-state index in [1.165, 1.54) is 24.3 Å². The van der Waals surface area contributed by atoms with Crippen molar-refractivity contribution >= 4 is 11.6 Å². The Morgan fingerprint density at radius 3 is 2.12 bits per heavy atom. The molecule has 2 aromatic rings. The lowest BCUT2D eigenvalue weighted by Crippen LogP contribution is -2.49. The molecule has 0 aromatic heterocycles. The predicted molar refractivity (Wildman–Crippen MR) is 119 cm³/mol. The maximum Gasteiger partial charge on any atom is 0.225 e. The highest BCUT2D eigenvalue weighted by Crippen LogP contribution is 2.25. The highest BCUT2D eigenvalue weighted by Gasteiger charge is 2.43. The summed E-state index contributed by atoms with van der Waals surface area (Å²) >= 11 is 0. The summed E-state index contributed by atoms with van der Waals surface area (Å²) < 4.78 is 31.9. The lowest BCUT2D eigenvalue weighted by atomic mass is 10.0. The number of aliphatic hydroxyl groups excluding tert-OH is 2. The number of benzene rings is 2. The van der Waals surface area contributed by atoms with E-state index in [0.29, 0.717) is 32.7 Å². The molecule has 2 heterocycles. The Kier molecular flexibility index (Phi) is 7.54. The molecule has 2 fully saturated rings. The van der Waals surface area contributed by atoms with Crippen LogP contribution in [0.15, 0.2) is 48.5 Å². The summed E-state index contributed by atoms with van der Waals surface area (Å²) in [6.45, 7) is 3.05. The molecule has 0 unspecified atom stereocenters. The van der Waals surface area contributed by atoms with Crippen LogP contribution >= 0.6 is 0 Å². The molecule has 2 aromatic carbocycles. The standard InChI is InChI=1S/C24H29F2N3O4/c25-17-3-1-16(2-4-17)14-27-15-21-24(32)23(31)20(33-21)13-22(30)29-11-9-28(10-12-29)19-7-5-18(26)6-8-19/h1-8,20-21,23-24,27,31-32H,9-15H2/t20-,21+,23-,24+/m0/s1. The van der Waals surface area contributed by atoms with Crippen molar-refractivity contribution in [1.82, 2.24) is 10.2 Å². The van der Waals surface area contributed by atoms with Gasteiger partial charge in [-0.25, -0.2) is 8.78 Å². The first-order valence-electron chi connectivity index (χ1n) is 11.2. The second-order valence-corrected chi connectivity index (χ2v) is 8.50. The van der Waals surface area contributed by atoms with Crippen LogP contribution in [0.5, 0.6) is 0 Å². The highest BCUT2D eigenvalue weighted by atomic mass is 19.1. The molecule has 2 aliphatic heterocycles. The van der Waals surface area contributed by atoms with Gasteiger partial charge in [-0.2, -0.15) is 0 Å². The van der Waals surface area contributed by atoms with Crippen molar-refractivity contribution in [3.63, 3.8) is 0 Å². The van der Waals surface area contributed by atoms with Crippen molar-refractivity contribution < 1.29 is 28.5 Å². The maximum atomic E-state index is 13.1. The van der Waals surface area contributed by atoms with Gasteiger partial charge in [0.1, 0.15) is 23.8 Å². The average Bonchev–Trinajstić information content (AvgIpc) is 3.09. The van der Waals surface area contributed by atoms with Gasteiger partial charge in [0.25, 0.3) is 0 Å². The molecular formula is C24H29F2N3O4. The van der Waals surface area contributed by atoms with Crippen LogP contribution in [0.3, 0.4) is 0 Å². The first kappa shape index (κ1) is 23.6. The molecule has 0 saturated carbocycles. The molecule has 2 saturated heterocycles. The van der Waals surface area contributed by atoms with E-state index in [9.17, 15) is 23.8 Å². The number of aliphatic hydroxyl groups is 2. The number of nitrogens with zero attached hydrogens (tertiary/aromatic N) is 2. The minimum Gasteiger partial charge on any atom is -0.388 e. The van der Waals surface area contributed by atoms with Gasteiger partial charge in [0.05, 0.1) is 18.6 Å². The summed E-state index contributed by atoms with van der Waals surface area (Å²) in [6, 6.07) is 12.4. The second-order valence-electron chi connectivity index (χ2n) is 8.50. The van der Waals surface area contributed by atoms with Crippen LogP contribution in [0.1, 0.15) is 12.0 Å². The van der Waals surface area contributed by atoms with Crippen LogP contribution in [-0.2, 0) is 16.1 Å². The van der Waals surface area contributed by atoms with Gasteiger partial charge in [-0.15, -0.1) is 0 Å². The number of carbonyl (C=O) groups excluding carboxylic acids is 1. The fraction of sp³-hybridized carbons (Fsp3) is 0.458. The molecule has 7 nitrogen and oxygen atoms in total. The topological polar surface area (TPSA) is 85.3 Å². The van der Waals surface area contributed by atoms with Crippen molar-refractivity contribution in [2.24, 2.45) is 0 Å². The van der Waals surface area contributed by atoms with Crippen molar-refractivity contribution in [3.8, 4) is 0 Å². The number of hydrogen-bond donors (Lipinski definition) is 3. The highest BCUT2D eigenvalue weighted by molar-refractivity contribution is 5.77. The summed E-state index contributed by atoms with van der Waals surface area (Å²) in [5.74, 6) is -0.723. The lowest BCUT2D eigenvalue weighted by molar-refractivity contribution is -0.135. The number of halogens is 2. The summed E-state index contributed by atoms with van der Waals surface area (Å²) in [4.78, 5) is 16.6. The molecule has 33 heavy (non-hydrogen) atoms. The minimum absolute atomic E-state index is 0.0107. The number of anilines is 1. The molecule has 9 heteroatoms. The Balaban J connectivity index is 1.22. The Bertz CT molecular complexity index is 920. The van der Waals surface area contributed by atoms with Crippen molar-refractivity contribution in [2.45, 2.75) is 37.4 Å². The third-order valence-corrected chi connectivity index (χ3v) is 6.25. The largest absolute Gasteiger partial charge is 0.388 e. The number of hydrogen-bond acceptors (Lipinski definition) is 6. The Morgan fingerprint density at radius 2 is 1.48 bits per heavy atom. The smallest absolute Gasteiger partial charge is 0.225 e. The molecular weight excluding hydrogens is 432 g/mol. The molecule has 1 amide bonds. The van der Waals surface area contributed by atoms with E-state index in [2.05, 4.69) is 10.2 Å². The fourth-order valence-corrected chi connectivity index (χ4v) is 4.29. The zero-order valence-electron chi connectivity index (χ0n) is 18.2. The van der Waals surface area contributed by atoms with Gasteiger partial charge >= 0.3 is 0 Å². The molecule has 0 aliphatic carbocycles. The van der Waals surface area contributed by atoms with Crippen LogP contribution in [0, 0.1) is 11.6 Å². The summed E-state index contributed by atoms with van der Waals surface area (Å²) in [7, 11) is 0. The molecule has 2 aliphatic rings. The van der Waals surface area contributed by atoms with E-state index >= 15 is 0 Å².